The van der Waals surface area contributed by atoms with Gasteiger partial charge < -0.3 is 0 Å². The van der Waals surface area contributed by atoms with Gasteiger partial charge in [0.15, 0.2) is 0 Å². The van der Waals surface area contributed by atoms with Crippen molar-refractivity contribution in [1.29, 1.82) is 0 Å². The quantitative estimate of drug-likeness (QED) is 0.222. The SMILES string of the molecule is C1CCC1.NNC=O. The molecule has 1 saturated carbocycles. The molecule has 0 saturated heterocycles. The van der Waals surface area contributed by atoms with Crippen LogP contribution in [-0.4, -0.2) is 6.41 Å². The number of nitrogens with one attached hydrogen (secondary N) is 1. The second-order valence-electron chi connectivity index (χ2n) is 1.70. The van der Waals surface area contributed by atoms with Gasteiger partial charge in [0.1, 0.15) is 0 Å². The van der Waals surface area contributed by atoms with E-state index in [4.69, 9.17) is 4.79 Å². The molecule has 1 aliphatic carbocycles. The Labute approximate surface area is 49.2 Å². The summed E-state index contributed by atoms with van der Waals surface area (Å²) in [7, 11) is 0. The fourth-order valence-corrected chi connectivity index (χ4v) is 0.250. The fraction of sp³-hybridized carbons (Fsp3) is 0.800. The van der Waals surface area contributed by atoms with Gasteiger partial charge in [0.25, 0.3) is 0 Å². The van der Waals surface area contributed by atoms with Gasteiger partial charge in [-0.05, 0) is 0 Å². The molecule has 0 heterocycles. The van der Waals surface area contributed by atoms with Crippen LogP contribution < -0.4 is 11.3 Å². The smallest absolute Gasteiger partial charge is 0.221 e. The monoisotopic (exact) mass is 116 g/mol. The average Bonchev–Trinajstić information content (AvgIpc) is 1.61. The molecule has 1 aliphatic rings. The Morgan fingerprint density at radius 3 is 1.50 bits per heavy atom. The molecule has 0 radical (unpaired) electrons. The number of hydrogen-bond acceptors (Lipinski definition) is 2. The average molecular weight is 116 g/mol. The van der Waals surface area contributed by atoms with Crippen molar-refractivity contribution in [2.75, 3.05) is 0 Å². The molecule has 3 nitrogen and oxygen atoms in total. The van der Waals surface area contributed by atoms with Gasteiger partial charge in [0, 0.05) is 0 Å². The molecule has 48 valence electrons. The molecular formula is C5H12N2O. The van der Waals surface area contributed by atoms with Crippen LogP contribution in [0.5, 0.6) is 0 Å². The predicted octanol–water partition coefficient (Wildman–Crippen LogP) is 0.167. The van der Waals surface area contributed by atoms with Crippen molar-refractivity contribution in [3.8, 4) is 0 Å². The van der Waals surface area contributed by atoms with E-state index >= 15 is 0 Å². The zero-order chi connectivity index (χ0) is 6.24. The van der Waals surface area contributed by atoms with Crippen LogP contribution >= 0.6 is 0 Å². The molecule has 0 aromatic rings. The highest BCUT2D eigenvalue weighted by Gasteiger charge is 1.95. The number of hydrazine groups is 1. The van der Waals surface area contributed by atoms with E-state index in [9.17, 15) is 0 Å². The van der Waals surface area contributed by atoms with E-state index in [1.807, 2.05) is 0 Å². The molecule has 0 unspecified atom stereocenters. The van der Waals surface area contributed by atoms with Gasteiger partial charge in [0.05, 0.1) is 0 Å². The van der Waals surface area contributed by atoms with E-state index in [0.717, 1.165) is 0 Å². The minimum atomic E-state index is 0.403. The van der Waals surface area contributed by atoms with Crippen LogP contribution in [-0.2, 0) is 4.79 Å². The van der Waals surface area contributed by atoms with Crippen molar-refractivity contribution < 1.29 is 4.79 Å². The summed E-state index contributed by atoms with van der Waals surface area (Å²) >= 11 is 0. The summed E-state index contributed by atoms with van der Waals surface area (Å²) in [5, 5.41) is 0. The Hall–Kier alpha value is -0.570. The summed E-state index contributed by atoms with van der Waals surface area (Å²) in [6, 6.07) is 0. The number of amides is 1. The first-order chi connectivity index (χ1) is 3.91. The van der Waals surface area contributed by atoms with Crippen LogP contribution in [0.15, 0.2) is 0 Å². The van der Waals surface area contributed by atoms with Gasteiger partial charge in [-0.25, -0.2) is 5.84 Å². The molecule has 3 N–H and O–H groups in total. The second kappa shape index (κ2) is 6.43. The number of rotatable bonds is 1. The van der Waals surface area contributed by atoms with E-state index in [-0.39, 0.29) is 0 Å². The summed E-state index contributed by atoms with van der Waals surface area (Å²) < 4.78 is 0. The van der Waals surface area contributed by atoms with Gasteiger partial charge in [-0.15, -0.1) is 0 Å². The van der Waals surface area contributed by atoms with Gasteiger partial charge >= 0.3 is 0 Å². The number of hydrogen-bond donors (Lipinski definition) is 2. The number of carbonyl (C=O) groups excluding carboxylic acids is 1. The Morgan fingerprint density at radius 1 is 1.25 bits per heavy atom. The maximum atomic E-state index is 8.94. The summed E-state index contributed by atoms with van der Waals surface area (Å²) in [6.45, 7) is 0. The Balaban J connectivity index is 0.000000122. The first kappa shape index (κ1) is 7.43. The highest BCUT2D eigenvalue weighted by Crippen LogP contribution is 2.15. The third kappa shape index (κ3) is 5.43. The Morgan fingerprint density at radius 2 is 1.50 bits per heavy atom. The van der Waals surface area contributed by atoms with Gasteiger partial charge in [-0.3, -0.25) is 10.2 Å². The fourth-order valence-electron chi connectivity index (χ4n) is 0.250. The van der Waals surface area contributed by atoms with E-state index in [1.54, 1.807) is 5.43 Å². The van der Waals surface area contributed by atoms with E-state index in [1.165, 1.54) is 25.7 Å². The van der Waals surface area contributed by atoms with E-state index < -0.39 is 0 Å². The lowest BCUT2D eigenvalue weighted by atomic mass is 10.0. The molecule has 0 aliphatic heterocycles. The molecule has 0 bridgehead atoms. The minimum Gasteiger partial charge on any atom is -0.297 e. The summed E-state index contributed by atoms with van der Waals surface area (Å²) in [5.74, 6) is 4.41. The van der Waals surface area contributed by atoms with Crippen molar-refractivity contribution in [3.63, 3.8) is 0 Å². The maximum Gasteiger partial charge on any atom is 0.221 e. The van der Waals surface area contributed by atoms with Gasteiger partial charge in [0.2, 0.25) is 6.41 Å². The Kier molecular flexibility index (Phi) is 5.97. The number of nitrogens with two attached hydrogens (primary N) is 1. The van der Waals surface area contributed by atoms with Crippen molar-refractivity contribution in [3.05, 3.63) is 0 Å². The molecule has 0 aromatic carbocycles. The highest BCUT2D eigenvalue weighted by atomic mass is 16.1. The van der Waals surface area contributed by atoms with Crippen LogP contribution in [0.25, 0.3) is 0 Å². The van der Waals surface area contributed by atoms with Crippen LogP contribution in [0.3, 0.4) is 0 Å². The summed E-state index contributed by atoms with van der Waals surface area (Å²) in [6.07, 6.45) is 6.40. The lowest BCUT2D eigenvalue weighted by molar-refractivity contribution is -0.109. The van der Waals surface area contributed by atoms with Crippen molar-refractivity contribution in [2.45, 2.75) is 25.7 Å². The van der Waals surface area contributed by atoms with Gasteiger partial charge in [-0.1, -0.05) is 25.7 Å². The second-order valence-corrected chi connectivity index (χ2v) is 1.70. The van der Waals surface area contributed by atoms with E-state index in [2.05, 4.69) is 5.84 Å². The molecule has 1 fully saturated rings. The molecule has 8 heavy (non-hydrogen) atoms. The highest BCUT2D eigenvalue weighted by molar-refractivity contribution is 5.44. The van der Waals surface area contributed by atoms with E-state index in [0.29, 0.717) is 6.41 Å². The van der Waals surface area contributed by atoms with Crippen LogP contribution in [0.1, 0.15) is 25.7 Å². The topological polar surface area (TPSA) is 55.1 Å². The van der Waals surface area contributed by atoms with Crippen LogP contribution in [0, 0.1) is 0 Å². The van der Waals surface area contributed by atoms with Crippen LogP contribution in [0.4, 0.5) is 0 Å². The largest absolute Gasteiger partial charge is 0.297 e. The molecular weight excluding hydrogens is 104 g/mol. The van der Waals surface area contributed by atoms with Crippen molar-refractivity contribution >= 4 is 6.41 Å². The lowest BCUT2D eigenvalue weighted by Crippen LogP contribution is -2.18. The van der Waals surface area contributed by atoms with Crippen molar-refractivity contribution in [1.82, 2.24) is 5.43 Å². The third-order valence-corrected chi connectivity index (χ3v) is 1.07. The minimum absolute atomic E-state index is 0.403. The maximum absolute atomic E-state index is 8.94. The summed E-state index contributed by atoms with van der Waals surface area (Å²) in [5.41, 5.74) is 1.75. The first-order valence-electron chi connectivity index (χ1n) is 2.81. The zero-order valence-corrected chi connectivity index (χ0v) is 4.89. The van der Waals surface area contributed by atoms with Gasteiger partial charge in [-0.2, -0.15) is 0 Å². The van der Waals surface area contributed by atoms with Crippen LogP contribution in [0.2, 0.25) is 0 Å². The predicted molar refractivity (Wildman–Crippen MR) is 31.9 cm³/mol. The first-order valence-corrected chi connectivity index (χ1v) is 2.81. The molecule has 1 rings (SSSR count). The molecule has 1 amide bonds. The lowest BCUT2D eigenvalue weighted by Gasteiger charge is -2.05. The number of carbonyl (C=O) groups is 1. The summed E-state index contributed by atoms with van der Waals surface area (Å²) in [4.78, 5) is 8.94. The molecule has 0 spiro atoms. The Bertz CT molecular complexity index is 48.4. The normalized spacial score (nSPS) is 14.6. The molecule has 0 atom stereocenters. The molecule has 3 heteroatoms. The zero-order valence-electron chi connectivity index (χ0n) is 4.89. The third-order valence-electron chi connectivity index (χ3n) is 1.07. The molecule has 0 aromatic heterocycles. The standard InChI is InChI=1S/C4H8.CH4N2O/c1-2-4-3-1;2-3-1-4/h1-4H2;1H,2H2,(H,3,4). The van der Waals surface area contributed by atoms with Crippen molar-refractivity contribution in [2.24, 2.45) is 5.84 Å².